The van der Waals surface area contributed by atoms with Crippen LogP contribution in [0.1, 0.15) is 44.6 Å². The lowest BCUT2D eigenvalue weighted by Crippen LogP contribution is -2.30. The number of nitrogens with zero attached hydrogens (tertiary/aromatic N) is 1. The average molecular weight is 294 g/mol. The van der Waals surface area contributed by atoms with Gasteiger partial charge in [0.15, 0.2) is 0 Å². The topological polar surface area (TPSA) is 62.2 Å². The van der Waals surface area contributed by atoms with Crippen LogP contribution in [-0.4, -0.2) is 27.4 Å². The molecule has 1 saturated carbocycles. The molecule has 110 valence electrons. The lowest BCUT2D eigenvalue weighted by molar-refractivity contribution is -0.120. The van der Waals surface area contributed by atoms with Gasteiger partial charge in [-0.3, -0.25) is 4.79 Å². The number of carbonyl (C=O) groups is 1. The highest BCUT2D eigenvalue weighted by Crippen LogP contribution is 2.32. The van der Waals surface area contributed by atoms with E-state index in [4.69, 9.17) is 0 Å². The first-order valence-corrected chi connectivity index (χ1v) is 8.32. The van der Waals surface area contributed by atoms with Gasteiger partial charge in [-0.25, -0.2) is 4.98 Å². The van der Waals surface area contributed by atoms with Crippen molar-refractivity contribution in [3.63, 3.8) is 0 Å². The molecule has 0 spiro atoms. The molecule has 2 N–H and O–H groups in total. The van der Waals surface area contributed by atoms with Gasteiger partial charge >= 0.3 is 0 Å². The summed E-state index contributed by atoms with van der Waals surface area (Å²) in [6, 6.07) is 3.86. The highest BCUT2D eigenvalue weighted by Gasteiger charge is 2.33. The number of aliphatic hydroxyl groups is 1. The Morgan fingerprint density at radius 3 is 2.95 bits per heavy atom. The third kappa shape index (κ3) is 4.49. The van der Waals surface area contributed by atoms with Crippen molar-refractivity contribution in [3.8, 4) is 0 Å². The van der Waals surface area contributed by atoms with Crippen LogP contribution in [0.5, 0.6) is 0 Å². The van der Waals surface area contributed by atoms with Gasteiger partial charge in [0, 0.05) is 11.9 Å². The van der Waals surface area contributed by atoms with Crippen molar-refractivity contribution in [2.45, 2.75) is 50.4 Å². The summed E-state index contributed by atoms with van der Waals surface area (Å²) in [5.41, 5.74) is 0.349. The van der Waals surface area contributed by atoms with Crippen LogP contribution in [0.15, 0.2) is 18.3 Å². The smallest absolute Gasteiger partial charge is 0.228 e. The molecule has 5 heteroatoms. The number of hydrogen-bond acceptors (Lipinski definition) is 4. The fraction of sp³-hybridized carbons (Fsp3) is 0.600. The van der Waals surface area contributed by atoms with Crippen LogP contribution in [0.4, 0.5) is 5.82 Å². The number of anilines is 1. The van der Waals surface area contributed by atoms with Crippen molar-refractivity contribution in [1.29, 1.82) is 0 Å². The molecule has 0 aliphatic heterocycles. The second-order valence-corrected chi connectivity index (χ2v) is 6.62. The summed E-state index contributed by atoms with van der Waals surface area (Å²) in [5.74, 6) is 2.41. The van der Waals surface area contributed by atoms with Crippen molar-refractivity contribution >= 4 is 23.5 Å². The van der Waals surface area contributed by atoms with Gasteiger partial charge in [-0.15, -0.1) is 0 Å². The van der Waals surface area contributed by atoms with E-state index in [-0.39, 0.29) is 12.3 Å². The van der Waals surface area contributed by atoms with Crippen molar-refractivity contribution in [3.05, 3.63) is 23.9 Å². The zero-order valence-corrected chi connectivity index (χ0v) is 12.7. The number of pyridine rings is 1. The lowest BCUT2D eigenvalue weighted by Gasteiger charge is -2.20. The van der Waals surface area contributed by atoms with E-state index in [1.807, 2.05) is 23.9 Å². The predicted octanol–water partition coefficient (Wildman–Crippen LogP) is 2.97. The zero-order chi connectivity index (χ0) is 14.4. The SMILES string of the molecule is CCSCc1ccnc(NC(=O)CC2(O)CCCC2)c1. The number of nitrogens with one attached hydrogen (secondary N) is 1. The Bertz CT molecular complexity index is 459. The van der Waals surface area contributed by atoms with Gasteiger partial charge in [-0.2, -0.15) is 11.8 Å². The normalized spacial score (nSPS) is 17.1. The summed E-state index contributed by atoms with van der Waals surface area (Å²) >= 11 is 1.83. The molecule has 2 rings (SSSR count). The predicted molar refractivity (Wildman–Crippen MR) is 82.7 cm³/mol. The quantitative estimate of drug-likeness (QED) is 0.846. The van der Waals surface area contributed by atoms with Gasteiger partial charge in [-0.05, 0) is 36.3 Å². The second-order valence-electron chi connectivity index (χ2n) is 5.34. The van der Waals surface area contributed by atoms with Crippen molar-refractivity contribution in [2.75, 3.05) is 11.1 Å². The summed E-state index contributed by atoms with van der Waals surface area (Å²) in [7, 11) is 0. The monoisotopic (exact) mass is 294 g/mol. The molecular weight excluding hydrogens is 272 g/mol. The Morgan fingerprint density at radius 2 is 2.25 bits per heavy atom. The minimum Gasteiger partial charge on any atom is -0.389 e. The Morgan fingerprint density at radius 1 is 1.50 bits per heavy atom. The van der Waals surface area contributed by atoms with E-state index in [0.29, 0.717) is 5.82 Å². The summed E-state index contributed by atoms with van der Waals surface area (Å²) < 4.78 is 0. The second kappa shape index (κ2) is 7.09. The van der Waals surface area contributed by atoms with Crippen LogP contribution in [0.3, 0.4) is 0 Å². The van der Waals surface area contributed by atoms with Crippen LogP contribution in [0, 0.1) is 0 Å². The third-order valence-electron chi connectivity index (χ3n) is 3.59. The standard InChI is InChI=1S/C15H22N2O2S/c1-2-20-11-12-5-8-16-13(9-12)17-14(18)10-15(19)6-3-4-7-15/h5,8-9,19H,2-4,6-7,10-11H2,1H3,(H,16,17,18). The third-order valence-corrected chi connectivity index (χ3v) is 4.53. The molecule has 0 radical (unpaired) electrons. The van der Waals surface area contributed by atoms with Gasteiger partial charge in [0.2, 0.25) is 5.91 Å². The summed E-state index contributed by atoms with van der Waals surface area (Å²) in [6.07, 6.45) is 5.34. The van der Waals surface area contributed by atoms with Gasteiger partial charge in [0.05, 0.1) is 12.0 Å². The van der Waals surface area contributed by atoms with Crippen molar-refractivity contribution in [1.82, 2.24) is 4.98 Å². The number of amides is 1. The first-order chi connectivity index (χ1) is 9.61. The minimum atomic E-state index is -0.806. The fourth-order valence-electron chi connectivity index (χ4n) is 2.55. The van der Waals surface area contributed by atoms with Crippen LogP contribution >= 0.6 is 11.8 Å². The molecule has 0 aromatic carbocycles. The van der Waals surface area contributed by atoms with Crippen LogP contribution in [0.2, 0.25) is 0 Å². The number of carbonyl (C=O) groups excluding carboxylic acids is 1. The zero-order valence-electron chi connectivity index (χ0n) is 11.9. The number of aromatic nitrogens is 1. The molecule has 1 amide bonds. The summed E-state index contributed by atoms with van der Waals surface area (Å²) in [4.78, 5) is 16.1. The van der Waals surface area contributed by atoms with Crippen LogP contribution in [-0.2, 0) is 10.5 Å². The van der Waals surface area contributed by atoms with Crippen molar-refractivity contribution in [2.24, 2.45) is 0 Å². The highest BCUT2D eigenvalue weighted by atomic mass is 32.2. The molecule has 1 aliphatic rings. The molecule has 0 saturated heterocycles. The Kier molecular flexibility index (Phi) is 5.43. The highest BCUT2D eigenvalue weighted by molar-refractivity contribution is 7.98. The van der Waals surface area contributed by atoms with E-state index in [0.717, 1.165) is 42.8 Å². The summed E-state index contributed by atoms with van der Waals surface area (Å²) in [5, 5.41) is 13.0. The van der Waals surface area contributed by atoms with Crippen LogP contribution in [0.25, 0.3) is 0 Å². The molecule has 1 fully saturated rings. The van der Waals surface area contributed by atoms with E-state index in [1.165, 1.54) is 0 Å². The number of rotatable bonds is 6. The summed E-state index contributed by atoms with van der Waals surface area (Å²) in [6.45, 7) is 2.12. The van der Waals surface area contributed by atoms with E-state index < -0.39 is 5.60 Å². The molecule has 1 aromatic rings. The molecular formula is C15H22N2O2S. The molecule has 1 aliphatic carbocycles. The molecule has 1 aromatic heterocycles. The molecule has 0 unspecified atom stereocenters. The Balaban J connectivity index is 1.90. The Labute approximate surface area is 124 Å². The Hall–Kier alpha value is -1.07. The average Bonchev–Trinajstić information content (AvgIpc) is 2.83. The van der Waals surface area contributed by atoms with Gasteiger partial charge in [0.25, 0.3) is 0 Å². The molecule has 1 heterocycles. The first-order valence-electron chi connectivity index (χ1n) is 7.16. The lowest BCUT2D eigenvalue weighted by atomic mass is 9.98. The maximum absolute atomic E-state index is 12.0. The van der Waals surface area contributed by atoms with E-state index >= 15 is 0 Å². The van der Waals surface area contributed by atoms with E-state index in [2.05, 4.69) is 17.2 Å². The molecule has 20 heavy (non-hydrogen) atoms. The van der Waals surface area contributed by atoms with Crippen LogP contribution < -0.4 is 5.32 Å². The number of hydrogen-bond donors (Lipinski definition) is 2. The molecule has 4 nitrogen and oxygen atoms in total. The van der Waals surface area contributed by atoms with E-state index in [9.17, 15) is 9.90 Å². The maximum Gasteiger partial charge on any atom is 0.228 e. The van der Waals surface area contributed by atoms with E-state index in [1.54, 1.807) is 6.20 Å². The molecule has 0 atom stereocenters. The van der Waals surface area contributed by atoms with Gasteiger partial charge in [0.1, 0.15) is 5.82 Å². The first kappa shape index (κ1) is 15.3. The largest absolute Gasteiger partial charge is 0.389 e. The van der Waals surface area contributed by atoms with Gasteiger partial charge in [-0.1, -0.05) is 19.8 Å². The van der Waals surface area contributed by atoms with Gasteiger partial charge < -0.3 is 10.4 Å². The fourth-order valence-corrected chi connectivity index (χ4v) is 3.17. The maximum atomic E-state index is 12.0. The minimum absolute atomic E-state index is 0.151. The van der Waals surface area contributed by atoms with Crippen molar-refractivity contribution < 1.29 is 9.90 Å². The number of thioether (sulfide) groups is 1. The molecule has 0 bridgehead atoms.